The van der Waals surface area contributed by atoms with Crippen molar-refractivity contribution in [3.8, 4) is 5.69 Å². The molecule has 6 heteroatoms. The molecule has 0 spiro atoms. The molecule has 1 aliphatic carbocycles. The quantitative estimate of drug-likeness (QED) is 0.884. The average Bonchev–Trinajstić information content (AvgIpc) is 2.92. The summed E-state index contributed by atoms with van der Waals surface area (Å²) in [6.45, 7) is 2.10. The molecule has 0 atom stereocenters. The SMILES string of the molecule is CCCS(=O)(=O)NCc1nc2c(n1-c1ccccc1)CCCC2. The van der Waals surface area contributed by atoms with Gasteiger partial charge in [-0.05, 0) is 44.2 Å². The summed E-state index contributed by atoms with van der Waals surface area (Å²) in [5.41, 5.74) is 3.39. The number of hydrogen-bond donors (Lipinski definition) is 1. The Morgan fingerprint density at radius 3 is 2.65 bits per heavy atom. The summed E-state index contributed by atoms with van der Waals surface area (Å²) in [6.07, 6.45) is 4.90. The Bertz CT molecular complexity index is 767. The standard InChI is InChI=1S/C17H23N3O2S/c1-2-12-23(21,22)18-13-17-19-15-10-6-7-11-16(15)20(17)14-8-4-3-5-9-14/h3-5,8-9,18H,2,6-7,10-13H2,1H3. The molecule has 124 valence electrons. The first kappa shape index (κ1) is 16.2. The summed E-state index contributed by atoms with van der Waals surface area (Å²) in [6, 6.07) is 10.1. The minimum Gasteiger partial charge on any atom is -0.299 e. The molecule has 1 aromatic heterocycles. The van der Waals surface area contributed by atoms with E-state index in [1.54, 1.807) is 0 Å². The van der Waals surface area contributed by atoms with E-state index in [4.69, 9.17) is 4.98 Å². The van der Waals surface area contributed by atoms with Gasteiger partial charge in [-0.3, -0.25) is 4.57 Å². The zero-order valence-electron chi connectivity index (χ0n) is 13.5. The number of nitrogens with one attached hydrogen (secondary N) is 1. The molecule has 0 amide bonds. The van der Waals surface area contributed by atoms with Gasteiger partial charge in [-0.25, -0.2) is 18.1 Å². The van der Waals surface area contributed by atoms with Crippen molar-refractivity contribution in [3.63, 3.8) is 0 Å². The Balaban J connectivity index is 1.95. The third-order valence-corrected chi connectivity index (χ3v) is 5.67. The lowest BCUT2D eigenvalue weighted by Gasteiger charge is -2.15. The molecule has 1 aliphatic rings. The van der Waals surface area contributed by atoms with Crippen LogP contribution in [0.25, 0.3) is 5.69 Å². The molecule has 1 N–H and O–H groups in total. The number of benzene rings is 1. The van der Waals surface area contributed by atoms with E-state index in [0.29, 0.717) is 6.42 Å². The van der Waals surface area contributed by atoms with Crippen molar-refractivity contribution in [1.82, 2.24) is 14.3 Å². The zero-order valence-corrected chi connectivity index (χ0v) is 14.3. The maximum atomic E-state index is 11.9. The molecule has 0 saturated heterocycles. The number of aryl methyl sites for hydroxylation is 1. The van der Waals surface area contributed by atoms with E-state index in [1.807, 2.05) is 37.3 Å². The Hall–Kier alpha value is -1.66. The fourth-order valence-corrected chi connectivity index (χ4v) is 4.14. The summed E-state index contributed by atoms with van der Waals surface area (Å²) in [7, 11) is -3.23. The highest BCUT2D eigenvalue weighted by Gasteiger charge is 2.21. The first-order valence-electron chi connectivity index (χ1n) is 8.23. The highest BCUT2D eigenvalue weighted by molar-refractivity contribution is 7.89. The van der Waals surface area contributed by atoms with Crippen molar-refractivity contribution in [2.75, 3.05) is 5.75 Å². The molecule has 1 aromatic carbocycles. The van der Waals surface area contributed by atoms with Crippen molar-refractivity contribution in [2.45, 2.75) is 45.6 Å². The molecular formula is C17H23N3O2S. The monoisotopic (exact) mass is 333 g/mol. The van der Waals surface area contributed by atoms with Crippen molar-refractivity contribution in [2.24, 2.45) is 0 Å². The molecule has 5 nitrogen and oxygen atoms in total. The molecule has 0 fully saturated rings. The topological polar surface area (TPSA) is 64.0 Å². The lowest BCUT2D eigenvalue weighted by Crippen LogP contribution is -2.27. The molecular weight excluding hydrogens is 310 g/mol. The average molecular weight is 333 g/mol. The van der Waals surface area contributed by atoms with Crippen LogP contribution in [0.5, 0.6) is 0 Å². The fraction of sp³-hybridized carbons (Fsp3) is 0.471. The molecule has 0 bridgehead atoms. The summed E-state index contributed by atoms with van der Waals surface area (Å²) in [4.78, 5) is 4.73. The van der Waals surface area contributed by atoms with Gasteiger partial charge in [0.2, 0.25) is 10.0 Å². The van der Waals surface area contributed by atoms with Gasteiger partial charge in [0.05, 0.1) is 18.0 Å². The van der Waals surface area contributed by atoms with Gasteiger partial charge < -0.3 is 0 Å². The first-order chi connectivity index (χ1) is 11.1. The molecule has 0 radical (unpaired) electrons. The second-order valence-corrected chi connectivity index (χ2v) is 7.87. The number of aromatic nitrogens is 2. The largest absolute Gasteiger partial charge is 0.299 e. The van der Waals surface area contributed by atoms with Crippen LogP contribution in [-0.2, 0) is 29.4 Å². The maximum Gasteiger partial charge on any atom is 0.211 e. The van der Waals surface area contributed by atoms with Crippen LogP contribution in [0, 0.1) is 0 Å². The molecule has 23 heavy (non-hydrogen) atoms. The van der Waals surface area contributed by atoms with Crippen LogP contribution in [0.4, 0.5) is 0 Å². The summed E-state index contributed by atoms with van der Waals surface area (Å²) < 4.78 is 28.7. The Morgan fingerprint density at radius 1 is 1.17 bits per heavy atom. The zero-order chi connectivity index (χ0) is 16.3. The predicted molar refractivity (Wildman–Crippen MR) is 91.1 cm³/mol. The number of nitrogens with zero attached hydrogens (tertiary/aromatic N) is 2. The lowest BCUT2D eigenvalue weighted by molar-refractivity contribution is 0.577. The number of para-hydroxylation sites is 1. The molecule has 2 aromatic rings. The van der Waals surface area contributed by atoms with Gasteiger partial charge in [0, 0.05) is 11.4 Å². The third kappa shape index (κ3) is 3.64. The van der Waals surface area contributed by atoms with Crippen LogP contribution in [0.15, 0.2) is 30.3 Å². The maximum absolute atomic E-state index is 11.9. The van der Waals surface area contributed by atoms with E-state index in [0.717, 1.165) is 42.9 Å². The van der Waals surface area contributed by atoms with E-state index in [1.165, 1.54) is 5.69 Å². The van der Waals surface area contributed by atoms with Crippen molar-refractivity contribution in [1.29, 1.82) is 0 Å². The normalized spacial score (nSPS) is 14.7. The summed E-state index contributed by atoms with van der Waals surface area (Å²) in [5.74, 6) is 0.932. The lowest BCUT2D eigenvalue weighted by atomic mass is 10.0. The van der Waals surface area contributed by atoms with Gasteiger partial charge in [0.25, 0.3) is 0 Å². The Labute approximate surface area is 137 Å². The molecule has 1 heterocycles. The second kappa shape index (κ2) is 6.84. The van der Waals surface area contributed by atoms with Crippen LogP contribution in [-0.4, -0.2) is 23.7 Å². The van der Waals surface area contributed by atoms with Crippen molar-refractivity contribution >= 4 is 10.0 Å². The molecule has 0 unspecified atom stereocenters. The van der Waals surface area contributed by atoms with Crippen LogP contribution in [0.2, 0.25) is 0 Å². The first-order valence-corrected chi connectivity index (χ1v) is 9.88. The Morgan fingerprint density at radius 2 is 1.91 bits per heavy atom. The van der Waals surface area contributed by atoms with E-state index < -0.39 is 10.0 Å². The summed E-state index contributed by atoms with van der Waals surface area (Å²) in [5, 5.41) is 0. The third-order valence-electron chi connectivity index (χ3n) is 4.14. The fourth-order valence-electron chi connectivity index (χ4n) is 3.11. The second-order valence-electron chi connectivity index (χ2n) is 5.94. The van der Waals surface area contributed by atoms with Crippen molar-refractivity contribution < 1.29 is 8.42 Å². The minimum absolute atomic E-state index is 0.152. The number of hydrogen-bond acceptors (Lipinski definition) is 3. The molecule has 0 saturated carbocycles. The van der Waals surface area contributed by atoms with E-state index in [-0.39, 0.29) is 12.3 Å². The summed E-state index contributed by atoms with van der Waals surface area (Å²) >= 11 is 0. The van der Waals surface area contributed by atoms with Gasteiger partial charge in [-0.15, -0.1) is 0 Å². The van der Waals surface area contributed by atoms with Gasteiger partial charge in [0.15, 0.2) is 0 Å². The number of imidazole rings is 1. The van der Waals surface area contributed by atoms with Gasteiger partial charge >= 0.3 is 0 Å². The highest BCUT2D eigenvalue weighted by atomic mass is 32.2. The number of fused-ring (bicyclic) bond motifs is 1. The van der Waals surface area contributed by atoms with Crippen LogP contribution in [0.3, 0.4) is 0 Å². The van der Waals surface area contributed by atoms with Gasteiger partial charge in [-0.1, -0.05) is 25.1 Å². The molecule has 3 rings (SSSR count). The van der Waals surface area contributed by atoms with E-state index in [2.05, 4.69) is 9.29 Å². The number of rotatable bonds is 6. The van der Waals surface area contributed by atoms with Gasteiger partial charge in [0.1, 0.15) is 5.82 Å². The number of sulfonamides is 1. The highest BCUT2D eigenvalue weighted by Crippen LogP contribution is 2.25. The predicted octanol–water partition coefficient (Wildman–Crippen LogP) is 2.58. The Kier molecular flexibility index (Phi) is 4.82. The minimum atomic E-state index is -3.23. The van der Waals surface area contributed by atoms with Crippen LogP contribution >= 0.6 is 0 Å². The van der Waals surface area contributed by atoms with Crippen molar-refractivity contribution in [3.05, 3.63) is 47.5 Å². The van der Waals surface area contributed by atoms with Crippen LogP contribution < -0.4 is 4.72 Å². The smallest absolute Gasteiger partial charge is 0.211 e. The molecule has 0 aliphatic heterocycles. The van der Waals surface area contributed by atoms with E-state index in [9.17, 15) is 8.42 Å². The van der Waals surface area contributed by atoms with E-state index >= 15 is 0 Å². The van der Waals surface area contributed by atoms with Crippen LogP contribution in [0.1, 0.15) is 43.4 Å². The van der Waals surface area contributed by atoms with Gasteiger partial charge in [-0.2, -0.15) is 0 Å².